The molecule has 79 heavy (non-hydrogen) atoms. The molecule has 0 radical (unpaired) electrons. The van der Waals surface area contributed by atoms with Crippen molar-refractivity contribution in [1.82, 2.24) is 39.2 Å². The van der Waals surface area contributed by atoms with Crippen molar-refractivity contribution in [1.29, 1.82) is 0 Å². The molecule has 0 unspecified atom stereocenters. The number of piperazine rings is 1. The summed E-state index contributed by atoms with van der Waals surface area (Å²) in [5, 5.41) is 12.1. The van der Waals surface area contributed by atoms with E-state index in [9.17, 15) is 32.7 Å². The Morgan fingerprint density at radius 3 is 2.47 bits per heavy atom. The van der Waals surface area contributed by atoms with Crippen molar-refractivity contribution in [2.45, 2.75) is 96.4 Å². The molecule has 1 saturated carbocycles. The summed E-state index contributed by atoms with van der Waals surface area (Å²) in [6.45, 7) is 12.9. The first kappa shape index (κ1) is 52.7. The van der Waals surface area contributed by atoms with Gasteiger partial charge >= 0.3 is 18.2 Å². The third-order valence-electron chi connectivity index (χ3n) is 17.1. The van der Waals surface area contributed by atoms with Gasteiger partial charge in [-0.05, 0) is 119 Å². The molecule has 2 bridgehead atoms. The Bertz CT molecular complexity index is 3620. The standard InChI is InChI=1S/C57H59ClF4N10O7/c1-6-56(76)40-19-43-48-38(24-72(43)53(74)39(40)27-78-54(56)75)37(23-69-21-31-15-32(16-31)22-69)35-17-34(9-10-42(35)64-48)77-25-29(3)52(73)70-12-13-71(30(4)20-70)51-36-18-41(58)45(50-46(57(60,61)62)28(2)14-44(63)65-50)47(59)49(36)66-55(67-51)79-26-33-8-7-11-68(33)5/h9-10,14,17-19,30-33,76H,3,6-8,11-13,15-16,20-27H2,1-2,4-5H3,(H2,63,65)/t30-,31?,32?,33-,56-/m0/s1. The summed E-state index contributed by atoms with van der Waals surface area (Å²) < 4.78 is 80.3. The number of likely N-dealkylation sites (N-methyl/N-ethyl adjacent to an activating group) is 1. The molecule has 1 aliphatic carbocycles. The number of benzene rings is 2. The zero-order valence-electron chi connectivity index (χ0n) is 44.2. The fraction of sp³-hybridized carbons (Fsp3) is 0.456. The number of rotatable bonds is 12. The van der Waals surface area contributed by atoms with Gasteiger partial charge < -0.3 is 44.3 Å². The van der Waals surface area contributed by atoms with E-state index in [-0.39, 0.29) is 126 Å². The number of ether oxygens (including phenoxy) is 3. The number of hydrogen-bond acceptors (Lipinski definition) is 15. The molecule has 6 aromatic rings. The second-order valence-corrected chi connectivity index (χ2v) is 22.6. The van der Waals surface area contributed by atoms with Gasteiger partial charge in [-0.25, -0.2) is 19.2 Å². The van der Waals surface area contributed by atoms with E-state index >= 15 is 4.39 Å². The number of nitrogens with two attached hydrogens (primary N) is 1. The molecular formula is C57H59ClF4N10O7. The molecule has 17 nitrogen and oxygen atoms in total. The fourth-order valence-electron chi connectivity index (χ4n) is 12.9. The van der Waals surface area contributed by atoms with Gasteiger partial charge in [0, 0.05) is 78.8 Å². The molecule has 4 aromatic heterocycles. The maximum atomic E-state index is 17.1. The van der Waals surface area contributed by atoms with Crippen molar-refractivity contribution < 1.29 is 46.5 Å². The van der Waals surface area contributed by atoms with Gasteiger partial charge in [0.1, 0.15) is 42.7 Å². The molecule has 4 saturated heterocycles. The molecule has 22 heteroatoms. The molecule has 3 atom stereocenters. The van der Waals surface area contributed by atoms with Crippen LogP contribution in [0.1, 0.15) is 79.3 Å². The summed E-state index contributed by atoms with van der Waals surface area (Å²) in [5.74, 6) is -0.551. The van der Waals surface area contributed by atoms with Gasteiger partial charge in [-0.1, -0.05) is 25.1 Å². The number of aliphatic hydroxyl groups is 1. The highest BCUT2D eigenvalue weighted by atomic mass is 35.5. The van der Waals surface area contributed by atoms with E-state index in [1.165, 1.54) is 25.8 Å². The van der Waals surface area contributed by atoms with Crippen molar-refractivity contribution in [2.75, 3.05) is 70.2 Å². The Labute approximate surface area is 456 Å². The maximum absolute atomic E-state index is 17.1. The van der Waals surface area contributed by atoms with Crippen LogP contribution < -0.4 is 25.7 Å². The number of fused-ring (bicyclic) bond motifs is 8. The lowest BCUT2D eigenvalue weighted by molar-refractivity contribution is -0.172. The number of alkyl halides is 3. The number of piperidine rings is 2. The van der Waals surface area contributed by atoms with Gasteiger partial charge in [0.25, 0.3) is 11.5 Å². The summed E-state index contributed by atoms with van der Waals surface area (Å²) in [4.78, 5) is 67.6. The molecule has 10 heterocycles. The summed E-state index contributed by atoms with van der Waals surface area (Å²) in [7, 11) is 1.97. The average Bonchev–Trinajstić information content (AvgIpc) is 4.25. The Morgan fingerprint density at radius 2 is 1.76 bits per heavy atom. The van der Waals surface area contributed by atoms with Gasteiger partial charge in [0.05, 0.1) is 50.9 Å². The molecule has 13 rings (SSSR count). The third kappa shape index (κ3) is 9.09. The van der Waals surface area contributed by atoms with Gasteiger partial charge in [-0.2, -0.15) is 23.1 Å². The molecule has 2 aromatic carbocycles. The van der Waals surface area contributed by atoms with E-state index in [4.69, 9.17) is 41.5 Å². The number of likely N-dealkylation sites (tertiary alicyclic amines) is 1. The number of aryl methyl sites for hydroxylation is 1. The summed E-state index contributed by atoms with van der Waals surface area (Å²) in [6, 6.07) is 9.08. The Hall–Kier alpha value is -6.94. The van der Waals surface area contributed by atoms with Crippen molar-refractivity contribution in [3.63, 3.8) is 0 Å². The van der Waals surface area contributed by atoms with Crippen molar-refractivity contribution in [3.8, 4) is 34.4 Å². The number of anilines is 2. The lowest BCUT2D eigenvalue weighted by Crippen LogP contribution is -2.54. The first-order chi connectivity index (χ1) is 37.7. The number of carbonyl (C=O) groups excluding carboxylic acids is 2. The molecule has 414 valence electrons. The minimum atomic E-state index is -4.92. The lowest BCUT2D eigenvalue weighted by atomic mass is 9.71. The first-order valence-electron chi connectivity index (χ1n) is 26.8. The molecule has 6 aliphatic heterocycles. The maximum Gasteiger partial charge on any atom is 0.418 e. The van der Waals surface area contributed by atoms with Crippen LogP contribution in [-0.2, 0) is 45.8 Å². The van der Waals surface area contributed by atoms with E-state index in [2.05, 4.69) is 26.3 Å². The minimum absolute atomic E-state index is 0.0334. The number of nitrogens with zero attached hydrogens (tertiary/aromatic N) is 9. The summed E-state index contributed by atoms with van der Waals surface area (Å²) in [5.41, 5.74) is 4.88. The second kappa shape index (κ2) is 19.7. The highest BCUT2D eigenvalue weighted by Crippen LogP contribution is 2.47. The highest BCUT2D eigenvalue weighted by molar-refractivity contribution is 6.34. The molecule has 5 fully saturated rings. The Balaban J connectivity index is 0.803. The summed E-state index contributed by atoms with van der Waals surface area (Å²) >= 11 is 6.75. The van der Waals surface area contributed by atoms with Crippen LogP contribution in [0.4, 0.5) is 29.2 Å². The predicted octanol–water partition coefficient (Wildman–Crippen LogP) is 7.77. The zero-order chi connectivity index (χ0) is 55.6. The van der Waals surface area contributed by atoms with Crippen molar-refractivity contribution in [3.05, 3.63) is 103 Å². The number of hydrogen-bond donors (Lipinski definition) is 2. The SMILES string of the molecule is C=C(COc1ccc2nc3c(c(CN4CC5CC(C5)C4)c2c1)Cn1c-3cc2c(c1=O)COC(=O)[C@]2(O)CC)C(=O)N1CCN(c2nc(OC[C@@H]3CCCN3C)nc3c(F)c(-c4nc(N)cc(C)c4C(F)(F)F)c(Cl)cc23)[C@@H](C)C1. The van der Waals surface area contributed by atoms with Crippen LogP contribution in [0.2, 0.25) is 5.02 Å². The lowest BCUT2D eigenvalue weighted by Gasteiger charge is -2.47. The van der Waals surface area contributed by atoms with Gasteiger partial charge in [-0.15, -0.1) is 0 Å². The average molecular weight is 1110 g/mol. The van der Waals surface area contributed by atoms with Crippen molar-refractivity contribution >= 4 is 56.9 Å². The molecule has 3 N–H and O–H groups in total. The van der Waals surface area contributed by atoms with Crippen LogP contribution in [-0.4, -0.2) is 128 Å². The van der Waals surface area contributed by atoms with E-state index in [0.717, 1.165) is 55.1 Å². The number of nitrogen functional groups attached to an aromatic ring is 1. The minimum Gasteiger partial charge on any atom is -0.489 e. The second-order valence-electron chi connectivity index (χ2n) is 22.2. The van der Waals surface area contributed by atoms with Gasteiger partial charge in [0.2, 0.25) is 0 Å². The smallest absolute Gasteiger partial charge is 0.418 e. The predicted molar refractivity (Wildman–Crippen MR) is 287 cm³/mol. The van der Waals surface area contributed by atoms with Crippen LogP contribution in [0.25, 0.3) is 44.5 Å². The fourth-order valence-corrected chi connectivity index (χ4v) is 13.2. The van der Waals surface area contributed by atoms with E-state index in [1.54, 1.807) is 28.5 Å². The van der Waals surface area contributed by atoms with Gasteiger partial charge in [0.15, 0.2) is 11.4 Å². The largest absolute Gasteiger partial charge is 0.489 e. The number of carbonyl (C=O) groups is 2. The molecule has 0 spiro atoms. The first-order valence-corrected chi connectivity index (χ1v) is 27.2. The zero-order valence-corrected chi connectivity index (χ0v) is 44.9. The Morgan fingerprint density at radius 1 is 0.987 bits per heavy atom. The topological polar surface area (TPSA) is 195 Å². The monoisotopic (exact) mass is 1110 g/mol. The van der Waals surface area contributed by atoms with Crippen LogP contribution in [0, 0.1) is 24.6 Å². The van der Waals surface area contributed by atoms with E-state index in [0.29, 0.717) is 41.0 Å². The quantitative estimate of drug-likeness (QED) is 0.0684. The molecule has 7 aliphatic rings. The number of pyridine rings is 3. The Kier molecular flexibility index (Phi) is 13.2. The number of amides is 1. The van der Waals surface area contributed by atoms with Gasteiger partial charge in [-0.3, -0.25) is 14.5 Å². The van der Waals surface area contributed by atoms with Crippen LogP contribution in [0.3, 0.4) is 0 Å². The third-order valence-corrected chi connectivity index (χ3v) is 17.4. The summed E-state index contributed by atoms with van der Waals surface area (Å²) in [6.07, 6.45) is -0.624. The number of cyclic esters (lactones) is 1. The van der Waals surface area contributed by atoms with Crippen molar-refractivity contribution in [2.24, 2.45) is 11.8 Å². The van der Waals surface area contributed by atoms with Crippen LogP contribution in [0.5, 0.6) is 11.8 Å². The van der Waals surface area contributed by atoms with E-state index < -0.39 is 46.4 Å². The number of aromatic nitrogens is 5. The molecule has 1 amide bonds. The normalized spacial score (nSPS) is 22.9. The number of esters is 1. The number of halogens is 5. The molecular weight excluding hydrogens is 1050 g/mol. The van der Waals surface area contributed by atoms with E-state index in [1.807, 2.05) is 31.0 Å². The van der Waals surface area contributed by atoms with Crippen LogP contribution >= 0.6 is 11.6 Å². The highest BCUT2D eigenvalue weighted by Gasteiger charge is 2.46. The van der Waals surface area contributed by atoms with Crippen LogP contribution in [0.15, 0.2) is 53.3 Å².